The summed E-state index contributed by atoms with van der Waals surface area (Å²) in [4.78, 5) is 41.6. The molecule has 0 unspecified atom stereocenters. The highest BCUT2D eigenvalue weighted by Crippen LogP contribution is 2.23. The monoisotopic (exact) mass is 440 g/mol. The largest absolute Gasteiger partial charge is 0.454 e. The highest BCUT2D eigenvalue weighted by atomic mass is 32.1. The number of esters is 1. The van der Waals surface area contributed by atoms with Gasteiger partial charge in [-0.3, -0.25) is 9.36 Å². The third kappa shape index (κ3) is 5.18. The van der Waals surface area contributed by atoms with Crippen LogP contribution in [0.3, 0.4) is 0 Å². The second-order valence-electron chi connectivity index (χ2n) is 7.23. The number of anilines is 1. The molecule has 0 fully saturated rings. The van der Waals surface area contributed by atoms with E-state index in [-0.39, 0.29) is 17.4 Å². The average molecular weight is 441 g/mol. The number of ketones is 1. The molecular weight excluding hydrogens is 416 g/mol. The zero-order chi connectivity index (χ0) is 22.5. The first-order valence-corrected chi connectivity index (χ1v) is 10.6. The molecule has 0 saturated carbocycles. The molecule has 1 aromatic carbocycles. The molecule has 0 aliphatic carbocycles. The summed E-state index contributed by atoms with van der Waals surface area (Å²) >= 11 is 1.47. The molecule has 0 aliphatic rings. The van der Waals surface area contributed by atoms with Crippen LogP contribution in [0, 0.1) is 13.8 Å². The minimum absolute atomic E-state index is 0.0554. The topological polar surface area (TPSA) is 102 Å². The fourth-order valence-electron chi connectivity index (χ4n) is 3.14. The minimum Gasteiger partial charge on any atom is -0.454 e. The lowest BCUT2D eigenvalue weighted by molar-refractivity contribution is 0.0475. The van der Waals surface area contributed by atoms with E-state index >= 15 is 0 Å². The van der Waals surface area contributed by atoms with Gasteiger partial charge in [0.2, 0.25) is 5.78 Å². The first-order valence-electron chi connectivity index (χ1n) is 9.73. The van der Waals surface area contributed by atoms with E-state index in [2.05, 4.69) is 15.6 Å². The van der Waals surface area contributed by atoms with Gasteiger partial charge in [-0.15, -0.1) is 11.3 Å². The number of hydrogen-bond acceptors (Lipinski definition) is 6. The number of carbonyl (C=O) groups excluding carboxylic acids is 3. The van der Waals surface area contributed by atoms with Crippen LogP contribution in [0.15, 0.2) is 41.9 Å². The Labute approximate surface area is 184 Å². The predicted octanol–water partition coefficient (Wildman–Crippen LogP) is 4.12. The minimum atomic E-state index is -0.692. The standard InChI is InChI=1S/C22H24N4O4S/c1-13(2)24-21(29)25-18-8-6-5-7-16(18)20(28)30-12-19(27)17-11-14(3)26(15(17)4)22-23-9-10-31-22/h5-11,13H,12H2,1-4H3,(H2,24,25,29). The molecule has 0 atom stereocenters. The smallest absolute Gasteiger partial charge is 0.340 e. The molecule has 0 radical (unpaired) electrons. The van der Waals surface area contributed by atoms with Crippen LogP contribution in [0.5, 0.6) is 0 Å². The molecule has 162 valence electrons. The van der Waals surface area contributed by atoms with Crippen molar-refractivity contribution in [3.05, 3.63) is 64.4 Å². The van der Waals surface area contributed by atoms with Crippen LogP contribution in [0.4, 0.5) is 10.5 Å². The molecule has 0 aliphatic heterocycles. The van der Waals surface area contributed by atoms with Crippen LogP contribution < -0.4 is 10.6 Å². The number of aryl methyl sites for hydroxylation is 1. The third-order valence-corrected chi connectivity index (χ3v) is 5.25. The second kappa shape index (κ2) is 9.57. The average Bonchev–Trinajstić information content (AvgIpc) is 3.33. The van der Waals surface area contributed by atoms with Gasteiger partial charge in [0.15, 0.2) is 11.7 Å². The lowest BCUT2D eigenvalue weighted by Gasteiger charge is -2.13. The summed E-state index contributed by atoms with van der Waals surface area (Å²) in [6, 6.07) is 7.76. The number of rotatable bonds is 7. The Kier molecular flexibility index (Phi) is 6.86. The Hall–Kier alpha value is -3.46. The van der Waals surface area contributed by atoms with Gasteiger partial charge in [0.25, 0.3) is 0 Å². The van der Waals surface area contributed by atoms with E-state index in [1.54, 1.807) is 30.5 Å². The van der Waals surface area contributed by atoms with Crippen molar-refractivity contribution in [1.82, 2.24) is 14.9 Å². The van der Waals surface area contributed by atoms with Gasteiger partial charge in [-0.25, -0.2) is 14.6 Å². The number of nitrogens with zero attached hydrogens (tertiary/aromatic N) is 2. The molecule has 2 heterocycles. The Bertz CT molecular complexity index is 1100. The third-order valence-electron chi connectivity index (χ3n) is 4.49. The number of para-hydroxylation sites is 1. The normalized spacial score (nSPS) is 10.7. The predicted molar refractivity (Wildman–Crippen MR) is 119 cm³/mol. The highest BCUT2D eigenvalue weighted by Gasteiger charge is 2.21. The maximum Gasteiger partial charge on any atom is 0.340 e. The molecule has 0 saturated heterocycles. The highest BCUT2D eigenvalue weighted by molar-refractivity contribution is 7.12. The van der Waals surface area contributed by atoms with Crippen LogP contribution in [-0.4, -0.2) is 40.0 Å². The first-order chi connectivity index (χ1) is 14.8. The van der Waals surface area contributed by atoms with E-state index in [4.69, 9.17) is 4.74 Å². The van der Waals surface area contributed by atoms with Crippen molar-refractivity contribution in [2.45, 2.75) is 33.7 Å². The lowest BCUT2D eigenvalue weighted by atomic mass is 10.1. The maximum absolute atomic E-state index is 12.7. The summed E-state index contributed by atoms with van der Waals surface area (Å²) < 4.78 is 7.16. The van der Waals surface area contributed by atoms with Gasteiger partial charge in [-0.2, -0.15) is 0 Å². The number of carbonyl (C=O) groups is 3. The molecule has 0 spiro atoms. The summed E-state index contributed by atoms with van der Waals surface area (Å²) in [6.45, 7) is 6.97. The van der Waals surface area contributed by atoms with Gasteiger partial charge < -0.3 is 15.4 Å². The van der Waals surface area contributed by atoms with Crippen molar-refractivity contribution >= 4 is 34.8 Å². The van der Waals surface area contributed by atoms with Gasteiger partial charge in [0, 0.05) is 34.6 Å². The van der Waals surface area contributed by atoms with Crippen LogP contribution >= 0.6 is 11.3 Å². The molecule has 3 rings (SSSR count). The Morgan fingerprint density at radius 2 is 1.90 bits per heavy atom. The summed E-state index contributed by atoms with van der Waals surface area (Å²) in [6.07, 6.45) is 1.70. The molecule has 2 N–H and O–H groups in total. The van der Waals surface area contributed by atoms with Crippen molar-refractivity contribution in [3.8, 4) is 5.13 Å². The van der Waals surface area contributed by atoms with Crippen molar-refractivity contribution in [1.29, 1.82) is 0 Å². The summed E-state index contributed by atoms with van der Waals surface area (Å²) in [5.74, 6) is -1.00. The number of amides is 2. The Balaban J connectivity index is 1.70. The Morgan fingerprint density at radius 1 is 1.16 bits per heavy atom. The van der Waals surface area contributed by atoms with Gasteiger partial charge in [-0.05, 0) is 45.9 Å². The van der Waals surface area contributed by atoms with Crippen molar-refractivity contribution in [2.75, 3.05) is 11.9 Å². The number of Topliss-reactive ketones (excluding diaryl/α,β-unsaturated/α-hetero) is 1. The Morgan fingerprint density at radius 3 is 2.58 bits per heavy atom. The number of benzene rings is 1. The zero-order valence-electron chi connectivity index (χ0n) is 17.8. The molecular formula is C22H24N4O4S. The zero-order valence-corrected chi connectivity index (χ0v) is 18.6. The van der Waals surface area contributed by atoms with Crippen LogP contribution in [0.1, 0.15) is 46.0 Å². The van der Waals surface area contributed by atoms with Crippen molar-refractivity contribution in [3.63, 3.8) is 0 Å². The maximum atomic E-state index is 12.7. The number of ether oxygens (including phenoxy) is 1. The molecule has 3 aromatic rings. The molecule has 0 bridgehead atoms. The number of hydrogen-bond donors (Lipinski definition) is 2. The molecule has 31 heavy (non-hydrogen) atoms. The fourth-order valence-corrected chi connectivity index (χ4v) is 3.89. The molecule has 2 amide bonds. The number of thiazole rings is 1. The van der Waals surface area contributed by atoms with Crippen LogP contribution in [0.2, 0.25) is 0 Å². The van der Waals surface area contributed by atoms with Crippen molar-refractivity contribution < 1.29 is 19.1 Å². The van der Waals surface area contributed by atoms with Crippen LogP contribution in [0.25, 0.3) is 5.13 Å². The molecule has 9 heteroatoms. The van der Waals surface area contributed by atoms with E-state index in [1.807, 2.05) is 37.6 Å². The van der Waals surface area contributed by atoms with Crippen LogP contribution in [-0.2, 0) is 4.74 Å². The van der Waals surface area contributed by atoms with E-state index in [0.717, 1.165) is 16.5 Å². The molecule has 8 nitrogen and oxygen atoms in total. The summed E-state index contributed by atoms with van der Waals surface area (Å²) in [5, 5.41) is 7.96. The van der Waals surface area contributed by atoms with Gasteiger partial charge in [-0.1, -0.05) is 12.1 Å². The van der Waals surface area contributed by atoms with Gasteiger partial charge >= 0.3 is 12.0 Å². The van der Waals surface area contributed by atoms with E-state index in [1.165, 1.54) is 17.4 Å². The van der Waals surface area contributed by atoms with E-state index in [0.29, 0.717) is 11.3 Å². The van der Waals surface area contributed by atoms with Crippen molar-refractivity contribution in [2.24, 2.45) is 0 Å². The molecule has 2 aromatic heterocycles. The van der Waals surface area contributed by atoms with Gasteiger partial charge in [0.1, 0.15) is 0 Å². The first kappa shape index (κ1) is 22.2. The number of aromatic nitrogens is 2. The number of urea groups is 1. The fraction of sp³-hybridized carbons (Fsp3) is 0.273. The second-order valence-corrected chi connectivity index (χ2v) is 8.11. The van der Waals surface area contributed by atoms with E-state index < -0.39 is 18.6 Å². The lowest BCUT2D eigenvalue weighted by Crippen LogP contribution is -2.34. The summed E-state index contributed by atoms with van der Waals surface area (Å²) in [5.41, 5.74) is 2.56. The number of nitrogens with one attached hydrogen (secondary N) is 2. The van der Waals surface area contributed by atoms with Gasteiger partial charge in [0.05, 0.1) is 11.3 Å². The SMILES string of the molecule is Cc1cc(C(=O)COC(=O)c2ccccc2NC(=O)NC(C)C)c(C)n1-c1nccs1. The quantitative estimate of drug-likeness (QED) is 0.425. The van der Waals surface area contributed by atoms with E-state index in [9.17, 15) is 14.4 Å². The summed E-state index contributed by atoms with van der Waals surface area (Å²) in [7, 11) is 0.